The van der Waals surface area contributed by atoms with Gasteiger partial charge in [0.25, 0.3) is 5.91 Å². The van der Waals surface area contributed by atoms with Crippen molar-refractivity contribution < 1.29 is 9.18 Å². The van der Waals surface area contributed by atoms with Gasteiger partial charge in [-0.15, -0.1) is 0 Å². The summed E-state index contributed by atoms with van der Waals surface area (Å²) >= 11 is 0. The summed E-state index contributed by atoms with van der Waals surface area (Å²) in [5.41, 5.74) is 5.00. The van der Waals surface area contributed by atoms with Crippen LogP contribution in [0.3, 0.4) is 0 Å². The first-order chi connectivity index (χ1) is 16.1. The molecule has 1 amide bonds. The standard InChI is InChI=1S/C23H27FN8O/c1-2-31-11-13-32(14-12-31)19-9-7-18(8-10-19)28-23-26-15-20(24)21(29-23)27-17-5-3-16(4-6-17)22(33)30-25/h3-10,15H,2,11-14,25H2,1H3,(H,30,33)(H2,26,27,28,29). The number of nitrogens with zero attached hydrogens (tertiary/aromatic N) is 4. The highest BCUT2D eigenvalue weighted by Gasteiger charge is 2.16. The van der Waals surface area contributed by atoms with Gasteiger partial charge in [-0.05, 0) is 55.1 Å². The van der Waals surface area contributed by atoms with Gasteiger partial charge < -0.3 is 20.4 Å². The minimum atomic E-state index is -0.592. The Kier molecular flexibility index (Phi) is 6.96. The summed E-state index contributed by atoms with van der Waals surface area (Å²) in [4.78, 5) is 24.6. The number of nitrogens with one attached hydrogen (secondary N) is 3. The summed E-state index contributed by atoms with van der Waals surface area (Å²) in [5.74, 6) is 4.42. The maximum atomic E-state index is 14.3. The van der Waals surface area contributed by atoms with Crippen LogP contribution in [0, 0.1) is 5.82 Å². The molecule has 9 nitrogen and oxygen atoms in total. The molecule has 1 aromatic heterocycles. The van der Waals surface area contributed by atoms with E-state index in [4.69, 9.17) is 5.84 Å². The van der Waals surface area contributed by atoms with Crippen molar-refractivity contribution in [3.8, 4) is 0 Å². The van der Waals surface area contributed by atoms with E-state index in [0.717, 1.165) is 44.6 Å². The highest BCUT2D eigenvalue weighted by molar-refractivity contribution is 5.94. The molecule has 1 fully saturated rings. The van der Waals surface area contributed by atoms with Crippen LogP contribution >= 0.6 is 0 Å². The zero-order chi connectivity index (χ0) is 23.2. The van der Waals surface area contributed by atoms with Gasteiger partial charge in [-0.1, -0.05) is 6.92 Å². The first-order valence-electron chi connectivity index (χ1n) is 10.8. The van der Waals surface area contributed by atoms with E-state index in [0.29, 0.717) is 11.3 Å². The van der Waals surface area contributed by atoms with Crippen LogP contribution in [0.15, 0.2) is 54.7 Å². The van der Waals surface area contributed by atoms with Crippen LogP contribution in [0.4, 0.5) is 33.2 Å². The number of hydrogen-bond donors (Lipinski definition) is 4. The van der Waals surface area contributed by atoms with Crippen LogP contribution < -0.4 is 26.8 Å². The molecule has 2 heterocycles. The molecule has 0 unspecified atom stereocenters. The van der Waals surface area contributed by atoms with Gasteiger partial charge in [0.2, 0.25) is 5.95 Å². The van der Waals surface area contributed by atoms with Crippen molar-refractivity contribution in [2.24, 2.45) is 5.84 Å². The van der Waals surface area contributed by atoms with Gasteiger partial charge in [-0.2, -0.15) is 4.98 Å². The molecule has 0 spiro atoms. The van der Waals surface area contributed by atoms with E-state index >= 15 is 0 Å². The molecule has 10 heteroatoms. The smallest absolute Gasteiger partial charge is 0.265 e. The summed E-state index contributed by atoms with van der Waals surface area (Å²) in [7, 11) is 0. The predicted octanol–water partition coefficient (Wildman–Crippen LogP) is 2.85. The minimum Gasteiger partial charge on any atom is -0.369 e. The van der Waals surface area contributed by atoms with Crippen molar-refractivity contribution in [2.75, 3.05) is 48.3 Å². The first-order valence-corrected chi connectivity index (χ1v) is 10.8. The lowest BCUT2D eigenvalue weighted by molar-refractivity contribution is 0.0953. The highest BCUT2D eigenvalue weighted by Crippen LogP contribution is 2.23. The third-order valence-corrected chi connectivity index (χ3v) is 5.59. The number of nitrogens with two attached hydrogens (primary N) is 1. The van der Waals surface area contributed by atoms with E-state index in [-0.39, 0.29) is 11.8 Å². The molecule has 0 atom stereocenters. The van der Waals surface area contributed by atoms with Crippen LogP contribution in [-0.4, -0.2) is 53.5 Å². The first kappa shape index (κ1) is 22.4. The fraction of sp³-hybridized carbons (Fsp3) is 0.261. The molecule has 1 saturated heterocycles. The van der Waals surface area contributed by atoms with Gasteiger partial charge in [0.05, 0.1) is 6.20 Å². The lowest BCUT2D eigenvalue weighted by Crippen LogP contribution is -2.46. The molecule has 0 aliphatic carbocycles. The Morgan fingerprint density at radius 2 is 1.64 bits per heavy atom. The molecule has 3 aromatic rings. The van der Waals surface area contributed by atoms with Crippen molar-refractivity contribution in [2.45, 2.75) is 6.92 Å². The molecule has 172 valence electrons. The SMILES string of the molecule is CCN1CCN(c2ccc(Nc3ncc(F)c(Nc4ccc(C(=O)NN)cc4)n3)cc2)CC1. The monoisotopic (exact) mass is 450 g/mol. The molecule has 0 saturated carbocycles. The second-order valence-corrected chi connectivity index (χ2v) is 7.66. The minimum absolute atomic E-state index is 0.0222. The Hall–Kier alpha value is -3.76. The molecule has 5 N–H and O–H groups in total. The number of piperazine rings is 1. The van der Waals surface area contributed by atoms with Crippen LogP contribution in [0.1, 0.15) is 17.3 Å². The van der Waals surface area contributed by atoms with E-state index in [9.17, 15) is 9.18 Å². The van der Waals surface area contributed by atoms with Crippen molar-refractivity contribution in [3.05, 3.63) is 66.1 Å². The Morgan fingerprint density at radius 3 is 2.27 bits per heavy atom. The Morgan fingerprint density at radius 1 is 1.00 bits per heavy atom. The molecular weight excluding hydrogens is 423 g/mol. The van der Waals surface area contributed by atoms with E-state index in [1.807, 2.05) is 12.1 Å². The maximum Gasteiger partial charge on any atom is 0.265 e. The summed E-state index contributed by atoms with van der Waals surface area (Å²) in [6, 6.07) is 14.5. The third-order valence-electron chi connectivity index (χ3n) is 5.59. The summed E-state index contributed by atoms with van der Waals surface area (Å²) in [6.45, 7) is 7.43. The number of aromatic nitrogens is 2. The number of nitrogen functional groups attached to an aromatic ring is 1. The molecule has 4 rings (SSSR count). The Balaban J connectivity index is 1.41. The zero-order valence-corrected chi connectivity index (χ0v) is 18.4. The number of anilines is 5. The number of halogens is 1. The van der Waals surface area contributed by atoms with Gasteiger partial charge in [0.1, 0.15) is 0 Å². The topological polar surface area (TPSA) is 111 Å². The van der Waals surface area contributed by atoms with Crippen molar-refractivity contribution in [3.63, 3.8) is 0 Å². The number of rotatable bonds is 7. The zero-order valence-electron chi connectivity index (χ0n) is 18.4. The molecule has 1 aliphatic rings. The summed E-state index contributed by atoms with van der Waals surface area (Å²) < 4.78 is 14.3. The van der Waals surface area contributed by atoms with Gasteiger partial charge in [-0.25, -0.2) is 15.2 Å². The van der Waals surface area contributed by atoms with E-state index < -0.39 is 11.7 Å². The molecule has 33 heavy (non-hydrogen) atoms. The largest absolute Gasteiger partial charge is 0.369 e. The quantitative estimate of drug-likeness (QED) is 0.247. The average molecular weight is 451 g/mol. The molecular formula is C23H27FN8O. The normalized spacial score (nSPS) is 14.1. The number of carbonyl (C=O) groups excluding carboxylic acids is 1. The molecule has 1 aliphatic heterocycles. The molecule has 0 bridgehead atoms. The lowest BCUT2D eigenvalue weighted by atomic mass is 10.2. The van der Waals surface area contributed by atoms with Crippen molar-refractivity contribution in [1.29, 1.82) is 0 Å². The summed E-state index contributed by atoms with van der Waals surface area (Å²) in [6.07, 6.45) is 1.11. The Labute approximate surface area is 191 Å². The van der Waals surface area contributed by atoms with E-state index in [2.05, 4.69) is 54.9 Å². The fourth-order valence-corrected chi connectivity index (χ4v) is 3.65. The highest BCUT2D eigenvalue weighted by atomic mass is 19.1. The fourth-order valence-electron chi connectivity index (χ4n) is 3.65. The average Bonchev–Trinajstić information content (AvgIpc) is 2.86. The predicted molar refractivity (Wildman–Crippen MR) is 127 cm³/mol. The number of hydrazine groups is 1. The van der Waals surface area contributed by atoms with Crippen molar-refractivity contribution >= 4 is 34.7 Å². The number of benzene rings is 2. The number of hydrogen-bond acceptors (Lipinski definition) is 8. The van der Waals surface area contributed by atoms with Crippen LogP contribution in [0.2, 0.25) is 0 Å². The second kappa shape index (κ2) is 10.2. The maximum absolute atomic E-state index is 14.3. The second-order valence-electron chi connectivity index (χ2n) is 7.66. The number of amides is 1. The Bertz CT molecular complexity index is 1080. The van der Waals surface area contributed by atoms with E-state index in [1.165, 1.54) is 5.69 Å². The van der Waals surface area contributed by atoms with Crippen LogP contribution in [0.5, 0.6) is 0 Å². The van der Waals surface area contributed by atoms with E-state index in [1.54, 1.807) is 24.3 Å². The molecule has 0 radical (unpaired) electrons. The third kappa shape index (κ3) is 5.54. The number of carbonyl (C=O) groups is 1. The summed E-state index contributed by atoms with van der Waals surface area (Å²) in [5, 5.41) is 6.02. The lowest BCUT2D eigenvalue weighted by Gasteiger charge is -2.35. The molecule has 2 aromatic carbocycles. The van der Waals surface area contributed by atoms with Gasteiger partial charge in [0.15, 0.2) is 11.6 Å². The van der Waals surface area contributed by atoms with Gasteiger partial charge >= 0.3 is 0 Å². The number of likely N-dealkylation sites (N-methyl/N-ethyl adjacent to an activating group) is 1. The van der Waals surface area contributed by atoms with Crippen LogP contribution in [-0.2, 0) is 0 Å². The van der Waals surface area contributed by atoms with Crippen molar-refractivity contribution in [1.82, 2.24) is 20.3 Å². The van der Waals surface area contributed by atoms with Gasteiger partial charge in [-0.3, -0.25) is 10.2 Å². The van der Waals surface area contributed by atoms with Crippen LogP contribution in [0.25, 0.3) is 0 Å². The van der Waals surface area contributed by atoms with Gasteiger partial charge in [0, 0.05) is 48.8 Å².